The van der Waals surface area contributed by atoms with Crippen LogP contribution in [0.15, 0.2) is 0 Å². The van der Waals surface area contributed by atoms with Crippen molar-refractivity contribution in [3.8, 4) is 0 Å². The second-order valence-electron chi connectivity index (χ2n) is 6.18. The summed E-state index contributed by atoms with van der Waals surface area (Å²) in [5, 5.41) is 9.86. The summed E-state index contributed by atoms with van der Waals surface area (Å²) in [6.07, 6.45) is 6.42. The van der Waals surface area contributed by atoms with Gasteiger partial charge in [0.2, 0.25) is 0 Å². The molecule has 1 rings (SSSR count). The Labute approximate surface area is 117 Å². The van der Waals surface area contributed by atoms with Gasteiger partial charge in [-0.2, -0.15) is 0 Å². The van der Waals surface area contributed by atoms with Crippen LogP contribution in [-0.2, 0) is 14.3 Å². The normalized spacial score (nSPS) is 20.4. The van der Waals surface area contributed by atoms with E-state index in [2.05, 4.69) is 0 Å². The van der Waals surface area contributed by atoms with Crippen molar-refractivity contribution in [3.63, 3.8) is 0 Å². The molecule has 0 aromatic carbocycles. The Morgan fingerprint density at radius 1 is 1.42 bits per heavy atom. The average Bonchev–Trinajstić information content (AvgIpc) is 2.39. The summed E-state index contributed by atoms with van der Waals surface area (Å²) in [4.78, 5) is 11.5. The molecule has 1 aliphatic heterocycles. The molecule has 0 spiro atoms. The van der Waals surface area contributed by atoms with Gasteiger partial charge in [0.05, 0.1) is 19.1 Å². The number of hydrogen-bond acceptors (Lipinski definition) is 4. The summed E-state index contributed by atoms with van der Waals surface area (Å²) in [5.74, 6) is 0.196. The number of carbonyl (C=O) groups excluding carboxylic acids is 1. The quantitative estimate of drug-likeness (QED) is 0.439. The third-order valence-electron chi connectivity index (χ3n) is 3.93. The van der Waals surface area contributed by atoms with Crippen molar-refractivity contribution < 1.29 is 19.3 Å². The van der Waals surface area contributed by atoms with Crippen LogP contribution in [0.5, 0.6) is 0 Å². The number of rotatable bonds is 7. The minimum atomic E-state index is -0.584. The SMILES string of the molecule is COC(=O)C(C)(C)COCCCC1CCCCB1O. The largest absolute Gasteiger partial charge is 0.469 e. The van der Waals surface area contributed by atoms with Gasteiger partial charge in [0.25, 0.3) is 6.92 Å². The summed E-state index contributed by atoms with van der Waals surface area (Å²) < 4.78 is 10.3. The molecule has 0 bridgehead atoms. The fourth-order valence-corrected chi connectivity index (χ4v) is 2.63. The van der Waals surface area contributed by atoms with Crippen molar-refractivity contribution in [1.82, 2.24) is 0 Å². The van der Waals surface area contributed by atoms with E-state index in [0.29, 0.717) is 19.0 Å². The topological polar surface area (TPSA) is 55.8 Å². The van der Waals surface area contributed by atoms with Crippen LogP contribution in [0.2, 0.25) is 12.1 Å². The molecule has 19 heavy (non-hydrogen) atoms. The average molecular weight is 270 g/mol. The molecule has 5 heteroatoms. The number of esters is 1. The van der Waals surface area contributed by atoms with E-state index in [1.54, 1.807) is 0 Å². The van der Waals surface area contributed by atoms with E-state index in [4.69, 9.17) is 9.47 Å². The van der Waals surface area contributed by atoms with Gasteiger partial charge in [-0.1, -0.05) is 25.7 Å². The monoisotopic (exact) mass is 270 g/mol. The Morgan fingerprint density at radius 3 is 2.79 bits per heavy atom. The van der Waals surface area contributed by atoms with Crippen molar-refractivity contribution in [1.29, 1.82) is 0 Å². The molecule has 0 radical (unpaired) electrons. The van der Waals surface area contributed by atoms with Crippen LogP contribution >= 0.6 is 0 Å². The first-order valence-electron chi connectivity index (χ1n) is 7.31. The maximum Gasteiger partial charge on any atom is 0.313 e. The summed E-state index contributed by atoms with van der Waals surface area (Å²) in [6, 6.07) is 0. The molecule has 0 amide bonds. The molecule has 1 N–H and O–H groups in total. The third-order valence-corrected chi connectivity index (χ3v) is 3.93. The van der Waals surface area contributed by atoms with Crippen molar-refractivity contribution in [3.05, 3.63) is 0 Å². The van der Waals surface area contributed by atoms with Gasteiger partial charge in [0, 0.05) is 6.61 Å². The molecule has 1 aliphatic rings. The lowest BCUT2D eigenvalue weighted by atomic mass is 9.48. The first kappa shape index (κ1) is 16.5. The van der Waals surface area contributed by atoms with Gasteiger partial charge in [0.1, 0.15) is 0 Å². The third kappa shape index (κ3) is 5.53. The molecular weight excluding hydrogens is 243 g/mol. The predicted molar refractivity (Wildman–Crippen MR) is 76.2 cm³/mol. The van der Waals surface area contributed by atoms with E-state index in [1.165, 1.54) is 13.5 Å². The van der Waals surface area contributed by atoms with Gasteiger partial charge in [-0.25, -0.2) is 0 Å². The summed E-state index contributed by atoms with van der Waals surface area (Å²) in [6.45, 7) is 4.55. The predicted octanol–water partition coefficient (Wildman–Crippen LogP) is 2.52. The van der Waals surface area contributed by atoms with Crippen LogP contribution in [0.3, 0.4) is 0 Å². The Bertz CT molecular complexity index is 281. The lowest BCUT2D eigenvalue weighted by Gasteiger charge is -2.25. The summed E-state index contributed by atoms with van der Waals surface area (Å²) in [5.41, 5.74) is -0.584. The lowest BCUT2D eigenvalue weighted by molar-refractivity contribution is -0.154. The van der Waals surface area contributed by atoms with Crippen LogP contribution in [0.25, 0.3) is 0 Å². The molecule has 1 atom stereocenters. The van der Waals surface area contributed by atoms with Gasteiger partial charge in [-0.05, 0) is 32.4 Å². The first-order chi connectivity index (χ1) is 8.97. The van der Waals surface area contributed by atoms with Crippen molar-refractivity contribution in [2.24, 2.45) is 5.41 Å². The Hall–Kier alpha value is -0.545. The molecule has 0 aromatic rings. The minimum absolute atomic E-state index is 0.125. The van der Waals surface area contributed by atoms with Crippen LogP contribution in [0.1, 0.15) is 46.0 Å². The lowest BCUT2D eigenvalue weighted by Crippen LogP contribution is -2.31. The molecule has 1 unspecified atom stereocenters. The zero-order chi connectivity index (χ0) is 14.3. The Morgan fingerprint density at radius 2 is 2.16 bits per heavy atom. The number of ether oxygens (including phenoxy) is 2. The van der Waals surface area contributed by atoms with Gasteiger partial charge in [0.15, 0.2) is 0 Å². The smallest absolute Gasteiger partial charge is 0.313 e. The minimum Gasteiger partial charge on any atom is -0.469 e. The number of carbonyl (C=O) groups is 1. The van der Waals surface area contributed by atoms with Gasteiger partial charge < -0.3 is 14.5 Å². The van der Waals surface area contributed by atoms with E-state index in [1.807, 2.05) is 13.8 Å². The van der Waals surface area contributed by atoms with Gasteiger partial charge in [-0.3, -0.25) is 4.79 Å². The van der Waals surface area contributed by atoms with E-state index < -0.39 is 5.41 Å². The fourth-order valence-electron chi connectivity index (χ4n) is 2.63. The highest BCUT2D eigenvalue weighted by molar-refractivity contribution is 6.52. The van der Waals surface area contributed by atoms with Crippen LogP contribution in [0.4, 0.5) is 0 Å². The Kier molecular flexibility index (Phi) is 6.87. The van der Waals surface area contributed by atoms with Gasteiger partial charge >= 0.3 is 5.97 Å². The first-order valence-corrected chi connectivity index (χ1v) is 7.31. The van der Waals surface area contributed by atoms with Crippen LogP contribution < -0.4 is 0 Å². The zero-order valence-corrected chi connectivity index (χ0v) is 12.5. The highest BCUT2D eigenvalue weighted by Crippen LogP contribution is 2.31. The summed E-state index contributed by atoms with van der Waals surface area (Å²) in [7, 11) is 1.40. The summed E-state index contributed by atoms with van der Waals surface area (Å²) >= 11 is 0. The van der Waals surface area contributed by atoms with E-state index >= 15 is 0 Å². The fraction of sp³-hybridized carbons (Fsp3) is 0.929. The molecule has 0 aliphatic carbocycles. The highest BCUT2D eigenvalue weighted by atomic mass is 16.5. The van der Waals surface area contributed by atoms with Crippen molar-refractivity contribution >= 4 is 12.9 Å². The zero-order valence-electron chi connectivity index (χ0n) is 12.5. The van der Waals surface area contributed by atoms with Gasteiger partial charge in [-0.15, -0.1) is 0 Å². The molecule has 0 aromatic heterocycles. The van der Waals surface area contributed by atoms with E-state index in [9.17, 15) is 9.82 Å². The van der Waals surface area contributed by atoms with Crippen molar-refractivity contribution in [2.45, 2.75) is 58.1 Å². The van der Waals surface area contributed by atoms with Crippen LogP contribution in [-0.4, -0.2) is 38.2 Å². The van der Waals surface area contributed by atoms with E-state index in [0.717, 1.165) is 32.0 Å². The second kappa shape index (κ2) is 7.90. The van der Waals surface area contributed by atoms with Crippen LogP contribution in [0, 0.1) is 5.41 Å². The molecule has 110 valence electrons. The maximum atomic E-state index is 11.5. The molecule has 1 heterocycles. The maximum absolute atomic E-state index is 11.5. The number of methoxy groups -OCH3 is 1. The highest BCUT2D eigenvalue weighted by Gasteiger charge is 2.29. The second-order valence-corrected chi connectivity index (χ2v) is 6.18. The molecule has 0 saturated carbocycles. The Balaban J connectivity index is 2.12. The molecule has 4 nitrogen and oxygen atoms in total. The van der Waals surface area contributed by atoms with Crippen molar-refractivity contribution in [2.75, 3.05) is 20.3 Å². The van der Waals surface area contributed by atoms with E-state index in [-0.39, 0.29) is 12.9 Å². The molecule has 1 saturated heterocycles. The number of hydrogen-bond donors (Lipinski definition) is 1. The molecular formula is C14H27BO4. The standard InChI is InChI=1S/C14H27BO4/c1-14(2,13(16)18-3)11-19-10-6-8-12-7-4-5-9-15(12)17/h12,17H,4-11H2,1-3H3. The molecule has 1 fully saturated rings.